The van der Waals surface area contributed by atoms with Crippen LogP contribution >= 0.6 is 23.1 Å². The Labute approximate surface area is 108 Å². The van der Waals surface area contributed by atoms with E-state index in [4.69, 9.17) is 0 Å². The monoisotopic (exact) mass is 264 g/mol. The van der Waals surface area contributed by atoms with Gasteiger partial charge >= 0.3 is 0 Å². The van der Waals surface area contributed by atoms with Crippen molar-refractivity contribution in [3.05, 3.63) is 29.3 Å². The Morgan fingerprint density at radius 3 is 3.06 bits per heavy atom. The first-order valence-corrected chi connectivity index (χ1v) is 7.30. The summed E-state index contributed by atoms with van der Waals surface area (Å²) in [5.41, 5.74) is 1.08. The third-order valence-electron chi connectivity index (χ3n) is 2.77. The van der Waals surface area contributed by atoms with E-state index in [1.54, 1.807) is 11.3 Å². The van der Waals surface area contributed by atoms with Crippen LogP contribution in [0.15, 0.2) is 24.3 Å². The minimum absolute atomic E-state index is 0.110. The molecule has 1 N–H and O–H groups in total. The normalized spacial score (nSPS) is 19.8. The quantitative estimate of drug-likeness (QED) is 0.926. The lowest BCUT2D eigenvalue weighted by atomic mass is 10.2. The molecule has 0 bridgehead atoms. The summed E-state index contributed by atoms with van der Waals surface area (Å²) in [6.45, 7) is 0.800. The van der Waals surface area contributed by atoms with Gasteiger partial charge in [-0.05, 0) is 18.6 Å². The van der Waals surface area contributed by atoms with E-state index in [1.165, 1.54) is 21.5 Å². The second-order valence-electron chi connectivity index (χ2n) is 4.02. The third kappa shape index (κ3) is 2.45. The largest absolute Gasteiger partial charge is 0.346 e. The van der Waals surface area contributed by atoms with Gasteiger partial charge in [0, 0.05) is 18.2 Å². The summed E-state index contributed by atoms with van der Waals surface area (Å²) >= 11 is 3.17. The van der Waals surface area contributed by atoms with E-state index < -0.39 is 0 Å². The van der Waals surface area contributed by atoms with Crippen LogP contribution in [-0.4, -0.2) is 22.0 Å². The number of rotatable bonds is 3. The molecule has 3 rings (SSSR count). The van der Waals surface area contributed by atoms with Crippen LogP contribution in [0.2, 0.25) is 0 Å². The van der Waals surface area contributed by atoms with E-state index in [2.05, 4.69) is 16.4 Å². The molecule has 1 aromatic heterocycles. The van der Waals surface area contributed by atoms with Gasteiger partial charge in [0.2, 0.25) is 0 Å². The van der Waals surface area contributed by atoms with Gasteiger partial charge in [0.25, 0.3) is 5.24 Å². The van der Waals surface area contributed by atoms with Crippen LogP contribution in [0.1, 0.15) is 11.4 Å². The number of thiazole rings is 1. The van der Waals surface area contributed by atoms with Crippen molar-refractivity contribution >= 4 is 38.6 Å². The van der Waals surface area contributed by atoms with Gasteiger partial charge in [0.05, 0.1) is 15.2 Å². The van der Waals surface area contributed by atoms with Gasteiger partial charge in [-0.25, -0.2) is 4.98 Å². The molecule has 0 spiro atoms. The average molecular weight is 264 g/mol. The maximum absolute atomic E-state index is 11.0. The molecular formula is C12H12N2OS2. The smallest absolute Gasteiger partial charge is 0.279 e. The lowest BCUT2D eigenvalue weighted by Crippen LogP contribution is -2.15. The molecule has 2 aromatic rings. The van der Waals surface area contributed by atoms with E-state index >= 15 is 0 Å². The Balaban J connectivity index is 1.66. The van der Waals surface area contributed by atoms with Crippen LogP contribution in [0, 0.1) is 0 Å². The summed E-state index contributed by atoms with van der Waals surface area (Å²) in [6.07, 6.45) is 1.98. The molecule has 2 heterocycles. The van der Waals surface area contributed by atoms with Gasteiger partial charge in [-0.15, -0.1) is 11.3 Å². The van der Waals surface area contributed by atoms with Crippen molar-refractivity contribution < 1.29 is 4.79 Å². The molecule has 0 aliphatic carbocycles. The van der Waals surface area contributed by atoms with Gasteiger partial charge in [-0.3, -0.25) is 4.79 Å². The number of thioether (sulfide) groups is 1. The Hall–Kier alpha value is -1.07. The lowest BCUT2D eigenvalue weighted by Gasteiger charge is -2.02. The Morgan fingerprint density at radius 2 is 2.29 bits per heavy atom. The van der Waals surface area contributed by atoms with Crippen molar-refractivity contribution in [3.63, 3.8) is 0 Å². The fourth-order valence-electron chi connectivity index (χ4n) is 1.90. The summed E-state index contributed by atoms with van der Waals surface area (Å²) in [6, 6.07) is 8.21. The number of carbonyl (C=O) groups excluding carboxylic acids is 1. The number of hydrogen-bond donors (Lipinski definition) is 1. The molecular weight excluding hydrogens is 252 g/mol. The zero-order valence-electron chi connectivity index (χ0n) is 9.18. The number of hydrogen-bond acceptors (Lipinski definition) is 4. The second-order valence-corrected chi connectivity index (χ2v) is 6.41. The summed E-state index contributed by atoms with van der Waals surface area (Å²) in [5, 5.41) is 4.53. The second kappa shape index (κ2) is 4.66. The van der Waals surface area contributed by atoms with E-state index in [9.17, 15) is 4.79 Å². The van der Waals surface area contributed by atoms with Crippen molar-refractivity contribution in [2.45, 2.75) is 18.1 Å². The summed E-state index contributed by atoms with van der Waals surface area (Å²) in [4.78, 5) is 15.6. The van der Waals surface area contributed by atoms with E-state index in [1.807, 2.05) is 18.2 Å². The molecule has 0 saturated carbocycles. The standard InChI is InChI=1S/C12H12N2OS2/c15-12-13-7-8(16-12)5-6-11-14-9-3-1-2-4-10(9)17-11/h1-4,8H,5-7H2,(H,13,15). The number of nitrogens with one attached hydrogen (secondary N) is 1. The Morgan fingerprint density at radius 1 is 1.41 bits per heavy atom. The molecule has 1 fully saturated rings. The molecule has 1 atom stereocenters. The van der Waals surface area contributed by atoms with E-state index in [0.717, 1.165) is 24.9 Å². The maximum Gasteiger partial charge on any atom is 0.279 e. The summed E-state index contributed by atoms with van der Waals surface area (Å²) < 4.78 is 1.25. The highest BCUT2D eigenvalue weighted by Gasteiger charge is 2.22. The number of para-hydroxylation sites is 1. The molecule has 0 radical (unpaired) electrons. The molecule has 3 nitrogen and oxygen atoms in total. The topological polar surface area (TPSA) is 42.0 Å². The van der Waals surface area contributed by atoms with Gasteiger partial charge in [-0.1, -0.05) is 23.9 Å². The number of aromatic nitrogens is 1. The van der Waals surface area contributed by atoms with E-state index in [0.29, 0.717) is 5.25 Å². The van der Waals surface area contributed by atoms with Crippen molar-refractivity contribution in [3.8, 4) is 0 Å². The zero-order chi connectivity index (χ0) is 11.7. The SMILES string of the molecule is O=C1NCC(CCc2nc3ccccc3s2)S1. The predicted octanol–water partition coefficient (Wildman–Crippen LogP) is 3.05. The number of carbonyl (C=O) groups is 1. The highest BCUT2D eigenvalue weighted by molar-refractivity contribution is 8.14. The molecule has 1 aliphatic heterocycles. The molecule has 1 aliphatic rings. The number of fused-ring (bicyclic) bond motifs is 1. The Kier molecular flexibility index (Phi) is 3.03. The minimum atomic E-state index is 0.110. The number of aryl methyl sites for hydroxylation is 1. The van der Waals surface area contributed by atoms with Crippen molar-refractivity contribution in [1.82, 2.24) is 10.3 Å². The number of benzene rings is 1. The third-order valence-corrected chi connectivity index (χ3v) is 4.96. The van der Waals surface area contributed by atoms with Gasteiger partial charge in [0.15, 0.2) is 0 Å². The van der Waals surface area contributed by atoms with Crippen LogP contribution in [0.5, 0.6) is 0 Å². The van der Waals surface area contributed by atoms with Crippen LogP contribution in [0.4, 0.5) is 4.79 Å². The highest BCUT2D eigenvalue weighted by Crippen LogP contribution is 2.26. The van der Waals surface area contributed by atoms with Crippen molar-refractivity contribution in [1.29, 1.82) is 0 Å². The predicted molar refractivity (Wildman–Crippen MR) is 72.7 cm³/mol. The van der Waals surface area contributed by atoms with Gasteiger partial charge < -0.3 is 5.32 Å². The fraction of sp³-hybridized carbons (Fsp3) is 0.333. The molecule has 88 valence electrons. The van der Waals surface area contributed by atoms with Crippen LogP contribution in [0.25, 0.3) is 10.2 Å². The first kappa shape index (κ1) is 11.0. The van der Waals surface area contributed by atoms with Crippen LogP contribution in [-0.2, 0) is 6.42 Å². The average Bonchev–Trinajstić information content (AvgIpc) is 2.91. The number of nitrogens with zero attached hydrogens (tertiary/aromatic N) is 1. The summed E-state index contributed by atoms with van der Waals surface area (Å²) in [5.74, 6) is 0. The number of amides is 1. The molecule has 1 aromatic carbocycles. The van der Waals surface area contributed by atoms with E-state index in [-0.39, 0.29) is 5.24 Å². The van der Waals surface area contributed by atoms with Crippen LogP contribution < -0.4 is 5.32 Å². The van der Waals surface area contributed by atoms with Gasteiger partial charge in [0.1, 0.15) is 0 Å². The zero-order valence-corrected chi connectivity index (χ0v) is 10.8. The Bertz CT molecular complexity index is 519. The van der Waals surface area contributed by atoms with Crippen molar-refractivity contribution in [2.75, 3.05) is 6.54 Å². The molecule has 1 amide bonds. The van der Waals surface area contributed by atoms with Crippen molar-refractivity contribution in [2.24, 2.45) is 0 Å². The molecule has 1 saturated heterocycles. The highest BCUT2D eigenvalue weighted by atomic mass is 32.2. The first-order chi connectivity index (χ1) is 8.31. The molecule has 5 heteroatoms. The maximum atomic E-state index is 11.0. The van der Waals surface area contributed by atoms with Gasteiger partial charge in [-0.2, -0.15) is 0 Å². The minimum Gasteiger partial charge on any atom is -0.346 e. The van der Waals surface area contributed by atoms with Crippen LogP contribution in [0.3, 0.4) is 0 Å². The fourth-order valence-corrected chi connectivity index (χ4v) is 3.76. The molecule has 17 heavy (non-hydrogen) atoms. The lowest BCUT2D eigenvalue weighted by molar-refractivity contribution is 0.262. The summed E-state index contributed by atoms with van der Waals surface area (Å²) in [7, 11) is 0. The first-order valence-electron chi connectivity index (χ1n) is 5.60. The molecule has 1 unspecified atom stereocenters.